The summed E-state index contributed by atoms with van der Waals surface area (Å²) in [5.41, 5.74) is 7.88. The monoisotopic (exact) mass is 422 g/mol. The van der Waals surface area contributed by atoms with E-state index >= 15 is 0 Å². The molecule has 3 aromatic carbocycles. The van der Waals surface area contributed by atoms with Crippen LogP contribution in [0.4, 0.5) is 11.4 Å². The van der Waals surface area contributed by atoms with Crippen molar-refractivity contribution < 1.29 is 4.79 Å². The standard InChI is InChI=1S/C29H30N2O/c1-17-8-12-24(18(2)14-17)31-29(32)22-11-13-25-23(16-22)26-20-9-10-21(15-20)27(26)28(30-25)19-6-4-3-5-7-19/h3-8,11-14,16,20-21,26-28,30H,9-10,15H2,1-2H3,(H,31,32)/t20-,21-,26-,27-,28-/m0/s1. The van der Waals surface area contributed by atoms with Crippen LogP contribution in [0, 0.1) is 31.6 Å². The molecular formula is C29H30N2O. The zero-order valence-electron chi connectivity index (χ0n) is 18.8. The average Bonchev–Trinajstić information content (AvgIpc) is 3.43. The molecule has 2 N–H and O–H groups in total. The van der Waals surface area contributed by atoms with Crippen LogP contribution in [0.15, 0.2) is 66.7 Å². The number of nitrogens with one attached hydrogen (secondary N) is 2. The Morgan fingerprint density at radius 1 is 0.938 bits per heavy atom. The number of anilines is 2. The number of aryl methyl sites for hydroxylation is 2. The quantitative estimate of drug-likeness (QED) is 0.484. The van der Waals surface area contributed by atoms with Gasteiger partial charge in [-0.3, -0.25) is 4.79 Å². The van der Waals surface area contributed by atoms with E-state index in [-0.39, 0.29) is 5.91 Å². The number of amides is 1. The lowest BCUT2D eigenvalue weighted by atomic mass is 9.68. The summed E-state index contributed by atoms with van der Waals surface area (Å²) in [5, 5.41) is 7.00. The fourth-order valence-electron chi connectivity index (χ4n) is 6.77. The maximum Gasteiger partial charge on any atom is 0.255 e. The van der Waals surface area contributed by atoms with Crippen LogP contribution in [-0.2, 0) is 0 Å². The molecule has 2 fully saturated rings. The predicted molar refractivity (Wildman–Crippen MR) is 130 cm³/mol. The summed E-state index contributed by atoms with van der Waals surface area (Å²) >= 11 is 0. The van der Waals surface area contributed by atoms with E-state index in [4.69, 9.17) is 0 Å². The fourth-order valence-corrected chi connectivity index (χ4v) is 6.77. The van der Waals surface area contributed by atoms with Crippen molar-refractivity contribution in [3.8, 4) is 0 Å². The third-order valence-corrected chi connectivity index (χ3v) is 8.14. The van der Waals surface area contributed by atoms with Crippen LogP contribution in [-0.4, -0.2) is 5.91 Å². The maximum absolute atomic E-state index is 13.1. The van der Waals surface area contributed by atoms with Crippen LogP contribution >= 0.6 is 0 Å². The highest BCUT2D eigenvalue weighted by Crippen LogP contribution is 2.63. The zero-order chi connectivity index (χ0) is 21.8. The van der Waals surface area contributed by atoms with Crippen LogP contribution in [0.5, 0.6) is 0 Å². The van der Waals surface area contributed by atoms with Crippen molar-refractivity contribution in [1.82, 2.24) is 0 Å². The lowest BCUT2D eigenvalue weighted by molar-refractivity contribution is 0.102. The van der Waals surface area contributed by atoms with Gasteiger partial charge in [0.05, 0.1) is 6.04 Å². The first-order chi connectivity index (χ1) is 15.6. The minimum absolute atomic E-state index is 0.0235. The van der Waals surface area contributed by atoms with Crippen molar-refractivity contribution in [2.45, 2.75) is 45.1 Å². The number of benzene rings is 3. The van der Waals surface area contributed by atoms with E-state index in [0.717, 1.165) is 28.7 Å². The third kappa shape index (κ3) is 3.14. The highest BCUT2D eigenvalue weighted by atomic mass is 16.1. The van der Waals surface area contributed by atoms with Gasteiger partial charge in [0.1, 0.15) is 0 Å². The van der Waals surface area contributed by atoms with Gasteiger partial charge in [0.2, 0.25) is 0 Å². The van der Waals surface area contributed by atoms with Crippen molar-refractivity contribution in [2.24, 2.45) is 17.8 Å². The van der Waals surface area contributed by atoms with E-state index in [9.17, 15) is 4.79 Å². The summed E-state index contributed by atoms with van der Waals surface area (Å²) in [6.45, 7) is 4.12. The lowest BCUT2D eigenvalue weighted by Gasteiger charge is -2.43. The summed E-state index contributed by atoms with van der Waals surface area (Å²) in [6.07, 6.45) is 4.00. The SMILES string of the molecule is Cc1ccc(NC(=O)c2ccc3c(c2)[C@@H]2[C@H]4CC[C@@H](C4)[C@@H]2[C@H](c2ccccc2)N3)c(C)c1. The number of hydrogen-bond donors (Lipinski definition) is 2. The molecule has 1 heterocycles. The first-order valence-corrected chi connectivity index (χ1v) is 11.9. The largest absolute Gasteiger partial charge is 0.378 e. The molecule has 2 saturated carbocycles. The highest BCUT2D eigenvalue weighted by molar-refractivity contribution is 6.05. The number of hydrogen-bond acceptors (Lipinski definition) is 2. The van der Waals surface area contributed by atoms with Gasteiger partial charge < -0.3 is 10.6 Å². The van der Waals surface area contributed by atoms with E-state index in [0.29, 0.717) is 17.9 Å². The van der Waals surface area contributed by atoms with E-state index in [1.807, 2.05) is 25.1 Å². The molecule has 1 amide bonds. The molecule has 2 bridgehead atoms. The fraction of sp³-hybridized carbons (Fsp3) is 0.345. The van der Waals surface area contributed by atoms with Crippen molar-refractivity contribution in [2.75, 3.05) is 10.6 Å². The first kappa shape index (κ1) is 19.6. The van der Waals surface area contributed by atoms with Gasteiger partial charge in [-0.1, -0.05) is 48.0 Å². The minimum Gasteiger partial charge on any atom is -0.378 e. The Morgan fingerprint density at radius 3 is 2.56 bits per heavy atom. The molecule has 0 radical (unpaired) electrons. The molecule has 0 aromatic heterocycles. The molecule has 3 aromatic rings. The topological polar surface area (TPSA) is 41.1 Å². The minimum atomic E-state index is -0.0235. The Labute approximate surface area is 190 Å². The summed E-state index contributed by atoms with van der Waals surface area (Å²) in [6, 6.07) is 23.7. The van der Waals surface area contributed by atoms with Crippen molar-refractivity contribution in [1.29, 1.82) is 0 Å². The van der Waals surface area contributed by atoms with Crippen molar-refractivity contribution >= 4 is 17.3 Å². The van der Waals surface area contributed by atoms with Gasteiger partial charge in [-0.25, -0.2) is 0 Å². The van der Waals surface area contributed by atoms with Gasteiger partial charge in [-0.2, -0.15) is 0 Å². The molecule has 0 unspecified atom stereocenters. The van der Waals surface area contributed by atoms with Crippen LogP contribution in [0.2, 0.25) is 0 Å². The van der Waals surface area contributed by atoms with Crippen molar-refractivity contribution in [3.05, 3.63) is 94.5 Å². The van der Waals surface area contributed by atoms with Crippen LogP contribution in [0.1, 0.15) is 63.8 Å². The summed E-state index contributed by atoms with van der Waals surface area (Å²) in [4.78, 5) is 13.1. The number of carbonyl (C=O) groups excluding carboxylic acids is 1. The third-order valence-electron chi connectivity index (χ3n) is 8.14. The number of rotatable bonds is 3. The van der Waals surface area contributed by atoms with E-state index in [2.05, 4.69) is 66.1 Å². The van der Waals surface area contributed by atoms with Crippen LogP contribution < -0.4 is 10.6 Å². The maximum atomic E-state index is 13.1. The van der Waals surface area contributed by atoms with Crippen LogP contribution in [0.3, 0.4) is 0 Å². The predicted octanol–water partition coefficient (Wildman–Crippen LogP) is 6.85. The van der Waals surface area contributed by atoms with E-state index in [1.165, 1.54) is 41.6 Å². The first-order valence-electron chi connectivity index (χ1n) is 11.9. The smallest absolute Gasteiger partial charge is 0.255 e. The Kier molecular flexibility index (Phi) is 4.60. The summed E-state index contributed by atoms with van der Waals surface area (Å²) in [5.74, 6) is 2.66. The van der Waals surface area contributed by atoms with Gasteiger partial charge in [-0.15, -0.1) is 0 Å². The van der Waals surface area contributed by atoms with Gasteiger partial charge in [0.15, 0.2) is 0 Å². The Bertz CT molecular complexity index is 1190. The van der Waals surface area contributed by atoms with Crippen molar-refractivity contribution in [3.63, 3.8) is 0 Å². The number of fused-ring (bicyclic) bond motifs is 7. The summed E-state index contributed by atoms with van der Waals surface area (Å²) in [7, 11) is 0. The molecule has 3 nitrogen and oxygen atoms in total. The van der Waals surface area contributed by atoms with Crippen LogP contribution in [0.25, 0.3) is 0 Å². The number of carbonyl (C=O) groups is 1. The molecule has 2 aliphatic carbocycles. The second-order valence-corrected chi connectivity index (χ2v) is 10.0. The molecule has 32 heavy (non-hydrogen) atoms. The Morgan fingerprint density at radius 2 is 1.75 bits per heavy atom. The molecule has 3 heteroatoms. The molecule has 1 aliphatic heterocycles. The average molecular weight is 423 g/mol. The molecule has 0 spiro atoms. The van der Waals surface area contributed by atoms with E-state index < -0.39 is 0 Å². The normalized spacial score (nSPS) is 27.4. The van der Waals surface area contributed by atoms with E-state index in [1.54, 1.807) is 0 Å². The molecular weight excluding hydrogens is 392 g/mol. The van der Waals surface area contributed by atoms with Gasteiger partial charge in [-0.05, 0) is 97.7 Å². The second kappa shape index (κ2) is 7.51. The molecule has 0 saturated heterocycles. The molecule has 5 atom stereocenters. The van der Waals surface area contributed by atoms with Gasteiger partial charge >= 0.3 is 0 Å². The zero-order valence-corrected chi connectivity index (χ0v) is 18.8. The lowest BCUT2D eigenvalue weighted by Crippen LogP contribution is -2.35. The highest BCUT2D eigenvalue weighted by Gasteiger charge is 2.53. The van der Waals surface area contributed by atoms with Gasteiger partial charge in [0.25, 0.3) is 5.91 Å². The molecule has 3 aliphatic rings. The Balaban J connectivity index is 1.34. The second-order valence-electron chi connectivity index (χ2n) is 10.0. The molecule has 6 rings (SSSR count). The summed E-state index contributed by atoms with van der Waals surface area (Å²) < 4.78 is 0. The van der Waals surface area contributed by atoms with Gasteiger partial charge in [0, 0.05) is 16.9 Å². The Hall–Kier alpha value is -3.07. The molecule has 162 valence electrons.